The minimum atomic E-state index is -0.106. The number of aromatic nitrogens is 1. The lowest BCUT2D eigenvalue weighted by atomic mass is 10.2. The third kappa shape index (κ3) is 1.85. The average molecular weight is 221 g/mol. The molecule has 15 heavy (non-hydrogen) atoms. The minimum absolute atomic E-state index is 0.106. The maximum absolute atomic E-state index is 11.6. The number of thioether (sulfide) groups is 1. The van der Waals surface area contributed by atoms with E-state index >= 15 is 0 Å². The molecule has 0 saturated carbocycles. The second-order valence-corrected chi connectivity index (χ2v) is 4.34. The third-order valence-electron chi connectivity index (χ3n) is 2.51. The molecule has 4 nitrogen and oxygen atoms in total. The fourth-order valence-corrected chi connectivity index (χ4v) is 2.04. The molecule has 1 fully saturated rings. The van der Waals surface area contributed by atoms with Crippen LogP contribution in [0, 0.1) is 10.7 Å². The van der Waals surface area contributed by atoms with E-state index in [1.54, 1.807) is 13.1 Å². The van der Waals surface area contributed by atoms with Gasteiger partial charge in [0.25, 0.3) is 5.56 Å². The molecule has 0 bridgehead atoms. The first-order valence-corrected chi connectivity index (χ1v) is 5.55. The summed E-state index contributed by atoms with van der Waals surface area (Å²) in [7, 11) is 1.72. The van der Waals surface area contributed by atoms with Gasteiger partial charge in [0.05, 0.1) is 10.6 Å². The van der Waals surface area contributed by atoms with Crippen LogP contribution < -0.4 is 10.5 Å². The topological polar surface area (TPSA) is 49.0 Å². The van der Waals surface area contributed by atoms with Crippen LogP contribution in [-0.2, 0) is 7.05 Å². The molecule has 0 spiro atoms. The van der Waals surface area contributed by atoms with E-state index in [4.69, 9.17) is 5.26 Å². The van der Waals surface area contributed by atoms with Gasteiger partial charge >= 0.3 is 0 Å². The molecule has 78 valence electrons. The molecule has 5 heteroatoms. The molecule has 1 aliphatic heterocycles. The predicted octanol–water partition coefficient (Wildman–Crippen LogP) is 1.17. The number of rotatable bonds is 2. The van der Waals surface area contributed by atoms with E-state index < -0.39 is 0 Å². The van der Waals surface area contributed by atoms with Crippen LogP contribution in [0.15, 0.2) is 22.0 Å². The summed E-state index contributed by atoms with van der Waals surface area (Å²) in [4.78, 5) is 14.3. The lowest BCUT2D eigenvalue weighted by molar-refractivity contribution is 0.612. The molecule has 1 aromatic heterocycles. The summed E-state index contributed by atoms with van der Waals surface area (Å²) < 4.78 is 1.54. The number of aryl methyl sites for hydroxylation is 1. The molecule has 0 N–H and O–H groups in total. The lowest BCUT2D eigenvalue weighted by Crippen LogP contribution is -2.38. The summed E-state index contributed by atoms with van der Waals surface area (Å²) in [6, 6.07) is 1.80. The standard InChI is InChI=1S/C10H11N3OS/c1-12-6-8(13-3-2-4-13)5-9(10(12)14)15-7-11/h5-6H,2-4H2,1H3. The summed E-state index contributed by atoms with van der Waals surface area (Å²) in [6.07, 6.45) is 3.02. The zero-order valence-electron chi connectivity index (χ0n) is 8.43. The van der Waals surface area contributed by atoms with Crippen molar-refractivity contribution < 1.29 is 0 Å². The van der Waals surface area contributed by atoms with Gasteiger partial charge in [-0.25, -0.2) is 0 Å². The largest absolute Gasteiger partial charge is 0.370 e. The van der Waals surface area contributed by atoms with Crippen LogP contribution in [0.4, 0.5) is 5.69 Å². The molecule has 1 aromatic rings. The Balaban J connectivity index is 2.41. The molecule has 0 amide bonds. The van der Waals surface area contributed by atoms with Crippen molar-refractivity contribution in [1.82, 2.24) is 4.57 Å². The molecule has 0 radical (unpaired) electrons. The molecular weight excluding hydrogens is 210 g/mol. The molecule has 1 aliphatic rings. The van der Waals surface area contributed by atoms with Crippen molar-refractivity contribution >= 4 is 17.4 Å². The second-order valence-electron chi connectivity index (χ2n) is 3.51. The van der Waals surface area contributed by atoms with Crippen LogP contribution in [0.5, 0.6) is 0 Å². The number of thiocyanates is 1. The minimum Gasteiger partial charge on any atom is -0.370 e. The summed E-state index contributed by atoms with van der Waals surface area (Å²) in [5.41, 5.74) is 0.923. The Morgan fingerprint density at radius 1 is 1.53 bits per heavy atom. The van der Waals surface area contributed by atoms with Crippen LogP contribution in [0.3, 0.4) is 0 Å². The Bertz CT molecular complexity index is 471. The third-order valence-corrected chi connectivity index (χ3v) is 3.12. The fraction of sp³-hybridized carbons (Fsp3) is 0.400. The van der Waals surface area contributed by atoms with Gasteiger partial charge in [0.15, 0.2) is 0 Å². The second kappa shape index (κ2) is 3.99. The molecule has 2 heterocycles. The van der Waals surface area contributed by atoms with Crippen LogP contribution in [-0.4, -0.2) is 17.7 Å². The monoisotopic (exact) mass is 221 g/mol. The highest BCUT2D eigenvalue weighted by Crippen LogP contribution is 2.23. The van der Waals surface area contributed by atoms with Crippen molar-refractivity contribution in [2.75, 3.05) is 18.0 Å². The summed E-state index contributed by atoms with van der Waals surface area (Å²) in [5, 5.41) is 10.5. The van der Waals surface area contributed by atoms with Crippen molar-refractivity contribution in [2.24, 2.45) is 7.05 Å². The molecule has 2 rings (SSSR count). The van der Waals surface area contributed by atoms with Gasteiger partial charge < -0.3 is 9.47 Å². The van der Waals surface area contributed by atoms with Crippen LogP contribution in [0.2, 0.25) is 0 Å². The predicted molar refractivity (Wildman–Crippen MR) is 60.0 cm³/mol. The van der Waals surface area contributed by atoms with E-state index in [0.29, 0.717) is 4.90 Å². The van der Waals surface area contributed by atoms with E-state index in [9.17, 15) is 4.79 Å². The van der Waals surface area contributed by atoms with Gasteiger partial charge in [-0.15, -0.1) is 0 Å². The maximum atomic E-state index is 11.6. The smallest absolute Gasteiger partial charge is 0.265 e. The molecule has 0 aromatic carbocycles. The van der Waals surface area contributed by atoms with Crippen molar-refractivity contribution in [1.29, 1.82) is 5.26 Å². The highest BCUT2D eigenvalue weighted by Gasteiger charge is 2.16. The Labute approximate surface area is 92.1 Å². The van der Waals surface area contributed by atoms with Crippen molar-refractivity contribution in [3.8, 4) is 5.40 Å². The maximum Gasteiger partial charge on any atom is 0.265 e. The normalized spacial score (nSPS) is 14.5. The van der Waals surface area contributed by atoms with Gasteiger partial charge in [-0.3, -0.25) is 4.79 Å². The van der Waals surface area contributed by atoms with Crippen LogP contribution in [0.1, 0.15) is 6.42 Å². The van der Waals surface area contributed by atoms with Gasteiger partial charge in [0, 0.05) is 26.3 Å². The van der Waals surface area contributed by atoms with Gasteiger partial charge in [-0.2, -0.15) is 5.26 Å². The molecule has 0 unspecified atom stereocenters. The number of nitrogens with zero attached hydrogens (tertiary/aromatic N) is 3. The SMILES string of the molecule is Cn1cc(N2CCC2)cc(SC#N)c1=O. The number of pyridine rings is 1. The highest BCUT2D eigenvalue weighted by molar-refractivity contribution is 8.03. The molecule has 0 atom stereocenters. The lowest BCUT2D eigenvalue weighted by Gasteiger charge is -2.33. The Morgan fingerprint density at radius 2 is 2.27 bits per heavy atom. The first-order valence-electron chi connectivity index (χ1n) is 4.74. The van der Waals surface area contributed by atoms with E-state index in [0.717, 1.165) is 30.5 Å². The van der Waals surface area contributed by atoms with E-state index in [1.165, 1.54) is 11.0 Å². The molecule has 1 saturated heterocycles. The Hall–Kier alpha value is -1.41. The number of anilines is 1. The van der Waals surface area contributed by atoms with Gasteiger partial charge in [-0.05, 0) is 24.2 Å². The highest BCUT2D eigenvalue weighted by atomic mass is 32.2. The first kappa shape index (κ1) is 10.1. The number of nitriles is 1. The molecular formula is C10H11N3OS. The summed E-state index contributed by atoms with van der Waals surface area (Å²) in [6.45, 7) is 2.07. The van der Waals surface area contributed by atoms with Gasteiger partial charge in [0.1, 0.15) is 5.40 Å². The van der Waals surface area contributed by atoms with Crippen molar-refractivity contribution in [2.45, 2.75) is 11.3 Å². The van der Waals surface area contributed by atoms with Crippen LogP contribution in [0.25, 0.3) is 0 Å². The average Bonchev–Trinajstić information content (AvgIpc) is 2.11. The quantitative estimate of drug-likeness (QED) is 0.555. The first-order chi connectivity index (χ1) is 7.22. The zero-order valence-corrected chi connectivity index (χ0v) is 9.25. The van der Waals surface area contributed by atoms with E-state index in [1.807, 2.05) is 11.6 Å². The molecule has 0 aliphatic carbocycles. The van der Waals surface area contributed by atoms with E-state index in [-0.39, 0.29) is 5.56 Å². The summed E-state index contributed by atoms with van der Waals surface area (Å²) >= 11 is 0.928. The van der Waals surface area contributed by atoms with Gasteiger partial charge in [0.2, 0.25) is 0 Å². The van der Waals surface area contributed by atoms with Crippen LogP contribution >= 0.6 is 11.8 Å². The number of hydrogen-bond donors (Lipinski definition) is 0. The number of hydrogen-bond acceptors (Lipinski definition) is 4. The Morgan fingerprint density at radius 3 is 2.80 bits per heavy atom. The zero-order chi connectivity index (χ0) is 10.8. The summed E-state index contributed by atoms with van der Waals surface area (Å²) in [5.74, 6) is 0. The van der Waals surface area contributed by atoms with Crippen molar-refractivity contribution in [3.63, 3.8) is 0 Å². The van der Waals surface area contributed by atoms with Gasteiger partial charge in [-0.1, -0.05) is 0 Å². The van der Waals surface area contributed by atoms with Crippen molar-refractivity contribution in [3.05, 3.63) is 22.6 Å². The van der Waals surface area contributed by atoms with E-state index in [2.05, 4.69) is 4.90 Å². The Kier molecular flexibility index (Phi) is 2.69. The fourth-order valence-electron chi connectivity index (χ4n) is 1.53.